The summed E-state index contributed by atoms with van der Waals surface area (Å²) in [5, 5.41) is 0. The van der Waals surface area contributed by atoms with Gasteiger partial charge in [0.1, 0.15) is 5.69 Å². The van der Waals surface area contributed by atoms with E-state index >= 15 is 0 Å². The summed E-state index contributed by atoms with van der Waals surface area (Å²) in [6.45, 7) is 0. The topological polar surface area (TPSA) is 22.1 Å². The smallest absolute Gasteiger partial charge is 0.403 e. The third-order valence-electron chi connectivity index (χ3n) is 1.57. The van der Waals surface area contributed by atoms with E-state index in [0.29, 0.717) is 6.07 Å². The van der Waals surface area contributed by atoms with Gasteiger partial charge >= 0.3 is 6.36 Å². The summed E-state index contributed by atoms with van der Waals surface area (Å²) < 4.78 is 76.5. The Morgan fingerprint density at radius 2 is 1.94 bits per heavy atom. The van der Waals surface area contributed by atoms with Gasteiger partial charge in [0.05, 0.1) is 11.6 Å². The largest absolute Gasteiger partial charge is 0.573 e. The van der Waals surface area contributed by atoms with Crippen molar-refractivity contribution in [3.63, 3.8) is 0 Å². The summed E-state index contributed by atoms with van der Waals surface area (Å²) >= 11 is 5.23. The number of nitrogens with zero attached hydrogens (tertiary/aromatic N) is 1. The van der Waals surface area contributed by atoms with Crippen LogP contribution in [0, 0.1) is 5.82 Å². The van der Waals surface area contributed by atoms with Crippen LogP contribution in [-0.2, 0) is 5.88 Å². The molecule has 0 unspecified atom stereocenters. The molecule has 0 spiro atoms. The van der Waals surface area contributed by atoms with E-state index in [1.807, 2.05) is 0 Å². The summed E-state index contributed by atoms with van der Waals surface area (Å²) in [7, 11) is 0. The molecule has 0 bridgehead atoms. The van der Waals surface area contributed by atoms with Gasteiger partial charge in [-0.25, -0.2) is 18.2 Å². The molecule has 0 saturated heterocycles. The van der Waals surface area contributed by atoms with Crippen LogP contribution < -0.4 is 4.74 Å². The SMILES string of the molecule is Fc1c(OC(F)(F)F)cc(CCl)nc1C(F)F. The maximum atomic E-state index is 13.2. The Kier molecular flexibility index (Phi) is 4.07. The van der Waals surface area contributed by atoms with E-state index in [4.69, 9.17) is 11.6 Å². The molecule has 1 rings (SSSR count). The number of hydrogen-bond acceptors (Lipinski definition) is 2. The number of halogens is 7. The van der Waals surface area contributed by atoms with Crippen LogP contribution in [0.15, 0.2) is 6.07 Å². The molecule has 0 fully saturated rings. The Morgan fingerprint density at radius 1 is 1.35 bits per heavy atom. The number of pyridine rings is 1. The fraction of sp³-hybridized carbons (Fsp3) is 0.375. The van der Waals surface area contributed by atoms with E-state index in [2.05, 4.69) is 9.72 Å². The van der Waals surface area contributed by atoms with E-state index in [0.717, 1.165) is 0 Å². The predicted octanol–water partition coefficient (Wildman–Crippen LogP) is 3.80. The van der Waals surface area contributed by atoms with Crippen molar-refractivity contribution in [1.29, 1.82) is 0 Å². The average molecular weight is 280 g/mol. The van der Waals surface area contributed by atoms with Crippen LogP contribution in [0.25, 0.3) is 0 Å². The zero-order valence-electron chi connectivity index (χ0n) is 7.86. The van der Waals surface area contributed by atoms with Gasteiger partial charge in [0.2, 0.25) is 0 Å². The molecule has 1 heterocycles. The Labute approximate surface area is 96.2 Å². The monoisotopic (exact) mass is 279 g/mol. The molecule has 0 amide bonds. The van der Waals surface area contributed by atoms with Crippen molar-refractivity contribution in [2.75, 3.05) is 0 Å². The molecular formula is C8H4ClF6NO. The van der Waals surface area contributed by atoms with Gasteiger partial charge in [-0.1, -0.05) is 0 Å². The molecule has 0 atom stereocenters. The van der Waals surface area contributed by atoms with E-state index in [1.54, 1.807) is 0 Å². The molecule has 0 aliphatic rings. The highest BCUT2D eigenvalue weighted by molar-refractivity contribution is 6.16. The van der Waals surface area contributed by atoms with Gasteiger partial charge in [0, 0.05) is 6.07 Å². The van der Waals surface area contributed by atoms with Crippen molar-refractivity contribution in [2.24, 2.45) is 0 Å². The highest BCUT2D eigenvalue weighted by atomic mass is 35.5. The minimum Gasteiger partial charge on any atom is -0.403 e. The molecule has 0 aliphatic carbocycles. The molecule has 17 heavy (non-hydrogen) atoms. The molecule has 0 N–H and O–H groups in total. The van der Waals surface area contributed by atoms with Crippen molar-refractivity contribution in [3.8, 4) is 5.75 Å². The lowest BCUT2D eigenvalue weighted by Crippen LogP contribution is -2.19. The van der Waals surface area contributed by atoms with E-state index in [9.17, 15) is 26.3 Å². The van der Waals surface area contributed by atoms with Crippen LogP contribution in [0.2, 0.25) is 0 Å². The quantitative estimate of drug-likeness (QED) is 0.620. The number of alkyl halides is 6. The Hall–Kier alpha value is -1.18. The highest BCUT2D eigenvalue weighted by Crippen LogP contribution is 2.31. The zero-order valence-corrected chi connectivity index (χ0v) is 8.62. The minimum absolute atomic E-state index is 0.345. The summed E-state index contributed by atoms with van der Waals surface area (Å²) in [5.74, 6) is -3.68. The van der Waals surface area contributed by atoms with Crippen molar-refractivity contribution in [3.05, 3.63) is 23.3 Å². The van der Waals surface area contributed by atoms with E-state index in [1.165, 1.54) is 0 Å². The van der Waals surface area contributed by atoms with Crippen molar-refractivity contribution < 1.29 is 31.1 Å². The molecule has 96 valence electrons. The molecule has 0 saturated carbocycles. The first-order valence-electron chi connectivity index (χ1n) is 4.03. The van der Waals surface area contributed by atoms with Gasteiger partial charge in [-0.2, -0.15) is 0 Å². The van der Waals surface area contributed by atoms with Gasteiger partial charge < -0.3 is 4.74 Å². The maximum Gasteiger partial charge on any atom is 0.573 e. The Balaban J connectivity index is 3.24. The molecule has 0 radical (unpaired) electrons. The van der Waals surface area contributed by atoms with Gasteiger partial charge in [0.25, 0.3) is 6.43 Å². The van der Waals surface area contributed by atoms with Gasteiger partial charge in [-0.15, -0.1) is 24.8 Å². The fourth-order valence-electron chi connectivity index (χ4n) is 0.989. The van der Waals surface area contributed by atoms with Crippen LogP contribution in [-0.4, -0.2) is 11.3 Å². The van der Waals surface area contributed by atoms with E-state index < -0.39 is 35.9 Å². The second kappa shape index (κ2) is 4.99. The molecule has 1 aromatic rings. The number of aromatic nitrogens is 1. The first kappa shape index (κ1) is 13.9. The van der Waals surface area contributed by atoms with Crippen molar-refractivity contribution in [2.45, 2.75) is 18.7 Å². The Bertz CT molecular complexity index is 408. The lowest BCUT2D eigenvalue weighted by Gasteiger charge is -2.12. The van der Waals surface area contributed by atoms with Gasteiger partial charge in [-0.3, -0.25) is 0 Å². The standard InChI is InChI=1S/C8H4ClF6NO/c9-2-3-1-4(17-8(13,14)15)5(10)6(16-3)7(11)12/h1,7H,2H2. The second-order valence-electron chi connectivity index (χ2n) is 2.79. The summed E-state index contributed by atoms with van der Waals surface area (Å²) in [4.78, 5) is 3.08. The van der Waals surface area contributed by atoms with Gasteiger partial charge in [-0.05, 0) is 0 Å². The molecular weight excluding hydrogens is 276 g/mol. The molecule has 9 heteroatoms. The fourth-order valence-corrected chi connectivity index (χ4v) is 1.13. The van der Waals surface area contributed by atoms with Crippen molar-refractivity contribution in [1.82, 2.24) is 4.98 Å². The molecule has 0 aliphatic heterocycles. The second-order valence-corrected chi connectivity index (χ2v) is 3.06. The van der Waals surface area contributed by atoms with Crippen LogP contribution >= 0.6 is 11.6 Å². The molecule has 2 nitrogen and oxygen atoms in total. The first-order valence-corrected chi connectivity index (χ1v) is 4.57. The highest BCUT2D eigenvalue weighted by Gasteiger charge is 2.34. The van der Waals surface area contributed by atoms with Gasteiger partial charge in [0.15, 0.2) is 11.6 Å². The molecule has 0 aromatic carbocycles. The van der Waals surface area contributed by atoms with Crippen LogP contribution in [0.3, 0.4) is 0 Å². The third-order valence-corrected chi connectivity index (χ3v) is 1.85. The summed E-state index contributed by atoms with van der Waals surface area (Å²) in [6, 6.07) is 0.516. The summed E-state index contributed by atoms with van der Waals surface area (Å²) in [5.41, 5.74) is -1.77. The van der Waals surface area contributed by atoms with Crippen molar-refractivity contribution >= 4 is 11.6 Å². The minimum atomic E-state index is -5.19. The predicted molar refractivity (Wildman–Crippen MR) is 45.4 cm³/mol. The third kappa shape index (κ3) is 3.65. The maximum absolute atomic E-state index is 13.2. The van der Waals surface area contributed by atoms with Crippen LogP contribution in [0.4, 0.5) is 26.3 Å². The normalized spacial score (nSPS) is 12.0. The molecule has 1 aromatic heterocycles. The lowest BCUT2D eigenvalue weighted by molar-refractivity contribution is -0.275. The van der Waals surface area contributed by atoms with Crippen LogP contribution in [0.1, 0.15) is 17.8 Å². The van der Waals surface area contributed by atoms with E-state index in [-0.39, 0.29) is 5.69 Å². The lowest BCUT2D eigenvalue weighted by atomic mass is 10.3. The zero-order chi connectivity index (χ0) is 13.2. The number of ether oxygens (including phenoxy) is 1. The summed E-state index contributed by atoms with van der Waals surface area (Å²) in [6.07, 6.45) is -8.56. The number of rotatable bonds is 3. The Morgan fingerprint density at radius 3 is 2.35 bits per heavy atom. The number of hydrogen-bond donors (Lipinski definition) is 0. The van der Waals surface area contributed by atoms with Crippen LogP contribution in [0.5, 0.6) is 5.75 Å². The average Bonchev–Trinajstić information content (AvgIpc) is 2.18. The first-order chi connectivity index (χ1) is 7.74.